The number of hydrogen-bond donors (Lipinski definition) is 0. The van der Waals surface area contributed by atoms with Gasteiger partial charge in [0.25, 0.3) is 0 Å². The Morgan fingerprint density at radius 3 is 0.754 bits per heavy atom. The fraction of sp³-hybridized carbons (Fsp3) is 0.485. The van der Waals surface area contributed by atoms with Gasteiger partial charge in [0, 0.05) is 0 Å². The lowest BCUT2D eigenvalue weighted by Gasteiger charge is -2.14. The molecule has 0 saturated heterocycles. The van der Waals surface area contributed by atoms with Crippen molar-refractivity contribution >= 4 is 23.9 Å². The Bertz CT molecular complexity index is 3960. The van der Waals surface area contributed by atoms with Crippen LogP contribution in [0.3, 0.4) is 0 Å². The summed E-state index contributed by atoms with van der Waals surface area (Å²) >= 11 is 0. The summed E-state index contributed by atoms with van der Waals surface area (Å²) < 4.78 is 55.1. The van der Waals surface area contributed by atoms with Crippen LogP contribution in [-0.2, 0) is 6.61 Å². The number of carbonyl (C=O) groups excluding carboxylic acids is 4. The summed E-state index contributed by atoms with van der Waals surface area (Å²) in [4.78, 5) is 55.6. The highest BCUT2D eigenvalue weighted by molar-refractivity contribution is 5.99. The number of ether oxygens (including phenoxy) is 9. The van der Waals surface area contributed by atoms with Crippen molar-refractivity contribution in [3.8, 4) is 74.0 Å². The molecule has 0 spiro atoms. The van der Waals surface area contributed by atoms with Gasteiger partial charge in [-0.15, -0.1) is 0 Å². The maximum Gasteiger partial charge on any atom is 0.347 e. The quantitative estimate of drug-likeness (QED) is 0.0202. The van der Waals surface area contributed by atoms with E-state index in [0.717, 1.165) is 79.2 Å². The Labute approximate surface area is 683 Å². The van der Waals surface area contributed by atoms with Gasteiger partial charge in [-0.25, -0.2) is 19.2 Å². The van der Waals surface area contributed by atoms with Gasteiger partial charge in [0.15, 0.2) is 23.0 Å². The number of rotatable bonds is 61. The molecule has 0 saturated carbocycles. The van der Waals surface area contributed by atoms with Crippen molar-refractivity contribution in [1.29, 1.82) is 0 Å². The van der Waals surface area contributed by atoms with E-state index in [2.05, 4.69) is 27.7 Å². The summed E-state index contributed by atoms with van der Waals surface area (Å²) in [7, 11) is 0. The fourth-order valence-electron chi connectivity index (χ4n) is 14.0. The van der Waals surface area contributed by atoms with E-state index in [0.29, 0.717) is 72.1 Å². The zero-order valence-electron chi connectivity index (χ0n) is 69.4. The van der Waals surface area contributed by atoms with E-state index in [-0.39, 0.29) is 35.0 Å². The third kappa shape index (κ3) is 34.8. The Kier molecular flexibility index (Phi) is 43.7. The molecule has 13 heteroatoms. The average Bonchev–Trinajstić information content (AvgIpc) is 0.821. The van der Waals surface area contributed by atoms with Crippen molar-refractivity contribution in [2.45, 2.75) is 291 Å². The van der Waals surface area contributed by atoms with Gasteiger partial charge >= 0.3 is 23.9 Å². The van der Waals surface area contributed by atoms with Crippen LogP contribution in [0.15, 0.2) is 182 Å². The topological polar surface area (TPSA) is 151 Å². The predicted molar refractivity (Wildman–Crippen MR) is 463 cm³/mol. The molecule has 0 heterocycles. The third-order valence-electron chi connectivity index (χ3n) is 21.0. The zero-order chi connectivity index (χ0) is 80.1. The van der Waals surface area contributed by atoms with Crippen LogP contribution in [0.1, 0.15) is 332 Å². The molecule has 0 radical (unpaired) electrons. The van der Waals surface area contributed by atoms with Crippen molar-refractivity contribution in [2.75, 3.05) is 26.4 Å². The molecule has 0 unspecified atom stereocenters. The first-order valence-electron chi connectivity index (χ1n) is 44.0. The van der Waals surface area contributed by atoms with E-state index in [9.17, 15) is 19.2 Å². The largest absolute Gasteiger partial charge is 0.490 e. The summed E-state index contributed by atoms with van der Waals surface area (Å²) in [6.07, 6.45) is 49.6. The molecule has 0 aliphatic carbocycles. The van der Waals surface area contributed by atoms with Crippen molar-refractivity contribution < 1.29 is 61.8 Å². The maximum atomic E-state index is 14.2. The van der Waals surface area contributed by atoms with Crippen molar-refractivity contribution in [2.24, 2.45) is 0 Å². The second kappa shape index (κ2) is 55.2. The van der Waals surface area contributed by atoms with Crippen LogP contribution >= 0.6 is 0 Å². The van der Waals surface area contributed by atoms with Crippen LogP contribution in [0.2, 0.25) is 0 Å². The van der Waals surface area contributed by atoms with Gasteiger partial charge in [0.2, 0.25) is 0 Å². The van der Waals surface area contributed by atoms with Gasteiger partial charge in [-0.1, -0.05) is 338 Å². The molecule has 0 N–H and O–H groups in total. The predicted octanol–water partition coefficient (Wildman–Crippen LogP) is 28.7. The van der Waals surface area contributed by atoms with Crippen LogP contribution in [-0.4, -0.2) is 50.3 Å². The second-order valence-corrected chi connectivity index (χ2v) is 30.6. The first-order chi connectivity index (χ1) is 56.1. The summed E-state index contributed by atoms with van der Waals surface area (Å²) in [5, 5.41) is 0. The van der Waals surface area contributed by atoms with E-state index >= 15 is 0 Å². The highest BCUT2D eigenvalue weighted by atomic mass is 16.6. The molecule has 13 nitrogen and oxygen atoms in total. The smallest absolute Gasteiger partial charge is 0.347 e. The van der Waals surface area contributed by atoms with Crippen LogP contribution in [0.4, 0.5) is 0 Å². The number of esters is 4. The Morgan fingerprint density at radius 2 is 0.465 bits per heavy atom. The molecule has 0 aliphatic heterocycles. The first kappa shape index (κ1) is 90.2. The normalized spacial score (nSPS) is 11.1. The van der Waals surface area contributed by atoms with Gasteiger partial charge in [-0.3, -0.25) is 0 Å². The molecule has 8 aromatic rings. The first-order valence-corrected chi connectivity index (χ1v) is 44.0. The molecule has 114 heavy (non-hydrogen) atoms. The van der Waals surface area contributed by atoms with Gasteiger partial charge in [0.1, 0.15) is 40.9 Å². The van der Waals surface area contributed by atoms with Crippen molar-refractivity contribution in [3.63, 3.8) is 0 Å². The third-order valence-corrected chi connectivity index (χ3v) is 21.0. The minimum absolute atomic E-state index is 0.0298. The molecule has 0 aliphatic rings. The minimum atomic E-state index is -0.737. The Morgan fingerprint density at radius 1 is 0.219 bits per heavy atom. The number of hydrogen-bond acceptors (Lipinski definition) is 13. The number of carbonyl (C=O) groups is 4. The summed E-state index contributed by atoms with van der Waals surface area (Å²) in [6.45, 7) is 11.5. The number of benzene rings is 8. The molecule has 0 aromatic heterocycles. The molecule has 0 fully saturated rings. The summed E-state index contributed by atoms with van der Waals surface area (Å²) in [6, 6.07) is 53.3. The van der Waals surface area contributed by atoms with Crippen LogP contribution < -0.4 is 42.6 Å². The highest BCUT2D eigenvalue weighted by Crippen LogP contribution is 2.35. The Balaban J connectivity index is 0.835. The van der Waals surface area contributed by atoms with Gasteiger partial charge in [-0.2, -0.15) is 0 Å². The lowest BCUT2D eigenvalue weighted by molar-refractivity contribution is 0.0717. The minimum Gasteiger partial charge on any atom is -0.490 e. The van der Waals surface area contributed by atoms with E-state index in [1.807, 2.05) is 91.0 Å². The fourth-order valence-corrected chi connectivity index (χ4v) is 14.0. The molecule has 8 aromatic carbocycles. The van der Waals surface area contributed by atoms with E-state index < -0.39 is 23.9 Å². The number of unbranched alkanes of at least 4 members (excludes halogenated alkanes) is 36. The zero-order valence-corrected chi connectivity index (χ0v) is 69.4. The van der Waals surface area contributed by atoms with Crippen molar-refractivity contribution in [3.05, 3.63) is 210 Å². The van der Waals surface area contributed by atoms with Gasteiger partial charge in [0.05, 0.1) is 43.1 Å². The maximum absolute atomic E-state index is 14.2. The second-order valence-electron chi connectivity index (χ2n) is 30.6. The lowest BCUT2D eigenvalue weighted by atomic mass is 10.1. The van der Waals surface area contributed by atoms with E-state index in [4.69, 9.17) is 42.6 Å². The van der Waals surface area contributed by atoms with Gasteiger partial charge in [-0.05, 0) is 157 Å². The molecule has 8 rings (SSSR count). The van der Waals surface area contributed by atoms with Crippen LogP contribution in [0.25, 0.3) is 22.3 Å². The van der Waals surface area contributed by atoms with Crippen LogP contribution in [0, 0.1) is 0 Å². The van der Waals surface area contributed by atoms with E-state index in [1.165, 1.54) is 212 Å². The summed E-state index contributed by atoms with van der Waals surface area (Å²) in [5.74, 6) is 1.50. The van der Waals surface area contributed by atoms with Crippen LogP contribution in [0.5, 0.6) is 51.7 Å². The molecule has 0 amide bonds. The van der Waals surface area contributed by atoms with E-state index in [1.54, 1.807) is 84.9 Å². The molecule has 0 bridgehead atoms. The van der Waals surface area contributed by atoms with Crippen molar-refractivity contribution in [1.82, 2.24) is 0 Å². The molecule has 0 atom stereocenters. The lowest BCUT2D eigenvalue weighted by Crippen LogP contribution is -2.14. The monoisotopic (exact) mass is 1550 g/mol. The SMILES string of the molecule is CCCCCCCCCCCCOc1ccc(C(=O)Oc2ccc(-c3ccc(OC(=O)c4ccc(OCc5ccccc5)c(C(=O)Oc5ccc(-c6ccc(OC(=O)c7ccc(OCCCCCCCCCCCC)c(OCCCCCCCCCCCC)c7)cc6)cc5)c4)cc3)cc2)cc1OCCCCCCCCCCCC. The standard InChI is InChI=1S/C101H132O13/c1-5-9-13-17-21-25-29-33-37-44-72-106-94-70-59-86(77-96(94)108-74-46-39-35-31-27-23-19-15-11-7-3)99(103)112-89-63-52-82(53-64-89)81-50-61-88(62-51-81)111-98(102)85-58-69-93(110-79-80-48-42-41-43-49-80)92(76-85)101(105)114-91-67-56-84(57-68-91)83-54-65-90(66-55-83)113-100(104)87-60-71-95(107-73-45-38-34-30-26-22-18-14-10-6-2)97(78-87)109-75-47-40-36-32-28-24-20-16-12-8-4/h41-43,48-71,76-78H,5-40,44-47,72-75,79H2,1-4H3. The summed E-state index contributed by atoms with van der Waals surface area (Å²) in [5.41, 5.74) is 5.13. The average molecular weight is 1550 g/mol. The molecule has 614 valence electrons. The highest BCUT2D eigenvalue weighted by Gasteiger charge is 2.22. The van der Waals surface area contributed by atoms with Gasteiger partial charge < -0.3 is 42.6 Å². The molecular formula is C101H132O13. The Hall–Kier alpha value is -9.36. The molecular weight excluding hydrogens is 1420 g/mol.